The minimum atomic E-state index is -1.20. The van der Waals surface area contributed by atoms with Gasteiger partial charge in [-0.25, -0.2) is 4.79 Å². The maximum atomic E-state index is 11.5. The van der Waals surface area contributed by atoms with Crippen LogP contribution in [0.25, 0.3) is 0 Å². The highest BCUT2D eigenvalue weighted by Crippen LogP contribution is 2.00. The number of carbonyl (C=O) groups is 3. The first kappa shape index (κ1) is 17.6. The number of carbonyl (C=O) groups excluding carboxylic acids is 2. The molecule has 0 bridgehead atoms. The molecule has 0 aliphatic heterocycles. The van der Waals surface area contributed by atoms with Gasteiger partial charge >= 0.3 is 5.97 Å². The number of hydrogen-bond acceptors (Lipinski definition) is 5. The van der Waals surface area contributed by atoms with Gasteiger partial charge < -0.3 is 33.4 Å². The van der Waals surface area contributed by atoms with Gasteiger partial charge in [-0.05, 0) is 12.8 Å². The third-order valence-corrected chi connectivity index (χ3v) is 2.35. The number of amides is 2. The first-order chi connectivity index (χ1) is 9.23. The number of carboxylic acid groups (broad SMARTS) is 1. The molecule has 0 spiro atoms. The Kier molecular flexibility index (Phi) is 7.67. The summed E-state index contributed by atoms with van der Waals surface area (Å²) >= 11 is 0. The van der Waals surface area contributed by atoms with Gasteiger partial charge in [-0.3, -0.25) is 14.6 Å². The first-order valence-electron chi connectivity index (χ1n) is 5.86. The number of aliphatic imine (C=N–C) groups is 1. The molecule has 0 radical (unpaired) electrons. The standard InChI is InChI=1S/C10H20N6O4/c11-5(8(12)18)4-7(17)16-6(9(19)20)2-1-3-15-10(13)14/h5-6H,1-4,11H2,(H2,12,18)(H,16,17)(H,19,20)(H4,13,14,15)/t5-,6-/m0/s1. The van der Waals surface area contributed by atoms with Crippen molar-refractivity contribution in [3.8, 4) is 0 Å². The van der Waals surface area contributed by atoms with Crippen molar-refractivity contribution in [1.82, 2.24) is 5.32 Å². The predicted molar refractivity (Wildman–Crippen MR) is 71.3 cm³/mol. The van der Waals surface area contributed by atoms with Crippen molar-refractivity contribution in [2.24, 2.45) is 27.9 Å². The molecule has 10 nitrogen and oxygen atoms in total. The number of hydrogen-bond donors (Lipinski definition) is 6. The molecule has 0 saturated heterocycles. The Morgan fingerprint density at radius 1 is 1.20 bits per heavy atom. The van der Waals surface area contributed by atoms with E-state index in [1.165, 1.54) is 0 Å². The number of nitrogens with one attached hydrogen (secondary N) is 1. The highest BCUT2D eigenvalue weighted by Gasteiger charge is 2.21. The summed E-state index contributed by atoms with van der Waals surface area (Å²) in [5.41, 5.74) is 20.4. The fourth-order valence-corrected chi connectivity index (χ4v) is 1.31. The molecule has 10 N–H and O–H groups in total. The molecule has 2 amide bonds. The normalized spacial score (nSPS) is 13.1. The Balaban J connectivity index is 4.27. The average Bonchev–Trinajstić information content (AvgIpc) is 2.32. The first-order valence-corrected chi connectivity index (χ1v) is 5.86. The summed E-state index contributed by atoms with van der Waals surface area (Å²) < 4.78 is 0. The Labute approximate surface area is 115 Å². The van der Waals surface area contributed by atoms with Crippen LogP contribution in [0.5, 0.6) is 0 Å². The van der Waals surface area contributed by atoms with Gasteiger partial charge in [-0.1, -0.05) is 0 Å². The highest BCUT2D eigenvalue weighted by atomic mass is 16.4. The van der Waals surface area contributed by atoms with Gasteiger partial charge in [0, 0.05) is 6.54 Å². The SMILES string of the molecule is NC(=O)[C@@H](N)CC(=O)N[C@@H](CCCN=C(N)N)C(=O)O. The van der Waals surface area contributed by atoms with Gasteiger partial charge in [0.1, 0.15) is 6.04 Å². The number of nitrogens with two attached hydrogens (primary N) is 4. The van der Waals surface area contributed by atoms with Crippen molar-refractivity contribution < 1.29 is 19.5 Å². The molecule has 0 aromatic rings. The maximum Gasteiger partial charge on any atom is 0.326 e. The fraction of sp³-hybridized carbons (Fsp3) is 0.600. The molecule has 0 saturated carbocycles. The number of guanidine groups is 1. The van der Waals surface area contributed by atoms with Gasteiger partial charge in [0.15, 0.2) is 5.96 Å². The van der Waals surface area contributed by atoms with E-state index >= 15 is 0 Å². The summed E-state index contributed by atoms with van der Waals surface area (Å²) in [7, 11) is 0. The van der Waals surface area contributed by atoms with E-state index in [4.69, 9.17) is 28.0 Å². The van der Waals surface area contributed by atoms with Crippen molar-refractivity contribution in [3.63, 3.8) is 0 Å². The van der Waals surface area contributed by atoms with E-state index in [0.29, 0.717) is 6.42 Å². The van der Waals surface area contributed by atoms with Gasteiger partial charge in [0.05, 0.1) is 12.5 Å². The second-order valence-corrected chi connectivity index (χ2v) is 4.12. The van der Waals surface area contributed by atoms with Crippen LogP contribution in [-0.4, -0.2) is 47.5 Å². The van der Waals surface area contributed by atoms with Crippen LogP contribution in [0.1, 0.15) is 19.3 Å². The highest BCUT2D eigenvalue weighted by molar-refractivity contribution is 5.89. The topological polar surface area (TPSA) is 200 Å². The van der Waals surface area contributed by atoms with Gasteiger partial charge in [-0.15, -0.1) is 0 Å². The lowest BCUT2D eigenvalue weighted by Gasteiger charge is -2.15. The monoisotopic (exact) mass is 288 g/mol. The Bertz CT molecular complexity index is 393. The van der Waals surface area contributed by atoms with Crippen molar-refractivity contribution in [3.05, 3.63) is 0 Å². The van der Waals surface area contributed by atoms with Crippen LogP contribution < -0.4 is 28.3 Å². The zero-order valence-electron chi connectivity index (χ0n) is 10.9. The summed E-state index contributed by atoms with van der Waals surface area (Å²) in [5, 5.41) is 11.2. The summed E-state index contributed by atoms with van der Waals surface area (Å²) in [6.07, 6.45) is 0.147. The summed E-state index contributed by atoms with van der Waals surface area (Å²) in [5.74, 6) is -2.78. The zero-order valence-corrected chi connectivity index (χ0v) is 10.9. The summed E-state index contributed by atoms with van der Waals surface area (Å²) in [6.45, 7) is 0.253. The van der Waals surface area contributed by atoms with Crippen LogP contribution in [0.3, 0.4) is 0 Å². The quantitative estimate of drug-likeness (QED) is 0.146. The van der Waals surface area contributed by atoms with Gasteiger partial charge in [0.2, 0.25) is 11.8 Å². The number of primary amides is 1. The van der Waals surface area contributed by atoms with Gasteiger partial charge in [0.25, 0.3) is 0 Å². The lowest BCUT2D eigenvalue weighted by Crippen LogP contribution is -2.45. The molecule has 0 aliphatic carbocycles. The van der Waals surface area contributed by atoms with E-state index in [2.05, 4.69) is 10.3 Å². The van der Waals surface area contributed by atoms with Crippen molar-refractivity contribution >= 4 is 23.7 Å². The minimum absolute atomic E-state index is 0.0895. The molecular formula is C10H20N6O4. The fourth-order valence-electron chi connectivity index (χ4n) is 1.31. The van der Waals surface area contributed by atoms with Crippen molar-refractivity contribution in [2.75, 3.05) is 6.54 Å². The molecule has 114 valence electrons. The van der Waals surface area contributed by atoms with E-state index in [0.717, 1.165) is 0 Å². The Hall–Kier alpha value is -2.36. The summed E-state index contributed by atoms with van der Waals surface area (Å²) in [6, 6.07) is -2.25. The van der Waals surface area contributed by atoms with E-state index in [-0.39, 0.29) is 25.3 Å². The molecule has 0 unspecified atom stereocenters. The smallest absolute Gasteiger partial charge is 0.326 e. The molecule has 0 aromatic heterocycles. The van der Waals surface area contributed by atoms with E-state index in [1.807, 2.05) is 0 Å². The van der Waals surface area contributed by atoms with Crippen LogP contribution in [0.15, 0.2) is 4.99 Å². The molecular weight excluding hydrogens is 268 g/mol. The summed E-state index contributed by atoms with van der Waals surface area (Å²) in [4.78, 5) is 36.8. The average molecular weight is 288 g/mol. The van der Waals surface area contributed by atoms with Crippen LogP contribution >= 0.6 is 0 Å². The maximum absolute atomic E-state index is 11.5. The third-order valence-electron chi connectivity index (χ3n) is 2.35. The van der Waals surface area contributed by atoms with Crippen LogP contribution in [-0.2, 0) is 14.4 Å². The molecule has 0 rings (SSSR count). The van der Waals surface area contributed by atoms with E-state index < -0.39 is 29.9 Å². The molecule has 0 heterocycles. The number of nitrogens with zero attached hydrogens (tertiary/aromatic N) is 1. The lowest BCUT2D eigenvalue weighted by atomic mass is 10.1. The molecule has 20 heavy (non-hydrogen) atoms. The molecule has 2 atom stereocenters. The number of aliphatic carboxylic acids is 1. The largest absolute Gasteiger partial charge is 0.480 e. The minimum Gasteiger partial charge on any atom is -0.480 e. The van der Waals surface area contributed by atoms with Crippen molar-refractivity contribution in [2.45, 2.75) is 31.3 Å². The number of carboxylic acids is 1. The zero-order chi connectivity index (χ0) is 15.7. The molecule has 10 heteroatoms. The van der Waals surface area contributed by atoms with Crippen molar-refractivity contribution in [1.29, 1.82) is 0 Å². The molecule has 0 aliphatic rings. The lowest BCUT2D eigenvalue weighted by molar-refractivity contribution is -0.142. The Morgan fingerprint density at radius 3 is 2.25 bits per heavy atom. The predicted octanol–water partition coefficient (Wildman–Crippen LogP) is -3.19. The van der Waals surface area contributed by atoms with Gasteiger partial charge in [-0.2, -0.15) is 0 Å². The van der Waals surface area contributed by atoms with Crippen LogP contribution in [0.4, 0.5) is 0 Å². The molecule has 0 fully saturated rings. The van der Waals surface area contributed by atoms with E-state index in [1.54, 1.807) is 0 Å². The van der Waals surface area contributed by atoms with Crippen LogP contribution in [0.2, 0.25) is 0 Å². The second-order valence-electron chi connectivity index (χ2n) is 4.12. The Morgan fingerprint density at radius 2 is 1.80 bits per heavy atom. The third kappa shape index (κ3) is 7.87. The molecule has 0 aromatic carbocycles. The van der Waals surface area contributed by atoms with E-state index in [9.17, 15) is 14.4 Å². The number of rotatable bonds is 9. The second kappa shape index (κ2) is 8.69. The van der Waals surface area contributed by atoms with Crippen LogP contribution in [0, 0.1) is 0 Å².